The third kappa shape index (κ3) is 2.79. The molecule has 0 unspecified atom stereocenters. The van der Waals surface area contributed by atoms with Gasteiger partial charge >= 0.3 is 6.18 Å². The van der Waals surface area contributed by atoms with E-state index in [1.165, 1.54) is 25.3 Å². The van der Waals surface area contributed by atoms with Crippen molar-refractivity contribution in [2.75, 3.05) is 7.11 Å². The minimum Gasteiger partial charge on any atom is -0.496 e. The summed E-state index contributed by atoms with van der Waals surface area (Å²) in [6.45, 7) is 0. The maximum absolute atomic E-state index is 12.8. The Kier molecular flexibility index (Phi) is 3.60. The lowest BCUT2D eigenvalue weighted by Crippen LogP contribution is -2.05. The molecule has 118 valence electrons. The third-order valence-corrected chi connectivity index (χ3v) is 3.41. The van der Waals surface area contributed by atoms with E-state index < -0.39 is 11.7 Å². The van der Waals surface area contributed by atoms with Crippen LogP contribution in [0.3, 0.4) is 0 Å². The lowest BCUT2D eigenvalue weighted by atomic mass is 10.1. The Labute approximate surface area is 128 Å². The highest BCUT2D eigenvalue weighted by Gasteiger charge is 2.30. The molecule has 0 aliphatic rings. The number of hydrogen-bond donors (Lipinski definition) is 0. The van der Waals surface area contributed by atoms with Crippen LogP contribution in [0.5, 0.6) is 5.75 Å². The molecule has 0 aliphatic heterocycles. The molecular weight excluding hydrogens is 309 g/mol. The number of benzene rings is 2. The van der Waals surface area contributed by atoms with Gasteiger partial charge in [-0.1, -0.05) is 18.2 Å². The smallest absolute Gasteiger partial charge is 0.416 e. The minimum atomic E-state index is -4.46. The molecule has 0 bridgehead atoms. The summed E-state index contributed by atoms with van der Waals surface area (Å²) in [5.74, 6) is 0.425. The SMILES string of the molecule is COc1cccc2oc(-c3cccc(C(F)(F)F)c3)cc(=O)c12. The highest BCUT2D eigenvalue weighted by molar-refractivity contribution is 5.84. The first-order valence-electron chi connectivity index (χ1n) is 6.68. The van der Waals surface area contributed by atoms with Crippen molar-refractivity contribution < 1.29 is 22.3 Å². The average molecular weight is 320 g/mol. The van der Waals surface area contributed by atoms with Gasteiger partial charge in [0, 0.05) is 11.6 Å². The lowest BCUT2D eigenvalue weighted by molar-refractivity contribution is -0.137. The van der Waals surface area contributed by atoms with Gasteiger partial charge < -0.3 is 9.15 Å². The van der Waals surface area contributed by atoms with E-state index in [2.05, 4.69) is 0 Å². The molecule has 0 N–H and O–H groups in total. The number of halogens is 3. The topological polar surface area (TPSA) is 39.4 Å². The monoisotopic (exact) mass is 320 g/mol. The van der Waals surface area contributed by atoms with Gasteiger partial charge in [0.25, 0.3) is 0 Å². The molecule has 3 aromatic rings. The van der Waals surface area contributed by atoms with E-state index in [0.29, 0.717) is 5.75 Å². The maximum atomic E-state index is 12.8. The highest BCUT2D eigenvalue weighted by atomic mass is 19.4. The Hall–Kier alpha value is -2.76. The molecule has 3 nitrogen and oxygen atoms in total. The summed E-state index contributed by atoms with van der Waals surface area (Å²) in [5, 5.41) is 0.255. The van der Waals surface area contributed by atoms with Crippen LogP contribution in [0.4, 0.5) is 13.2 Å². The van der Waals surface area contributed by atoms with Gasteiger partial charge in [0.15, 0.2) is 5.43 Å². The van der Waals surface area contributed by atoms with Crippen LogP contribution in [0.25, 0.3) is 22.3 Å². The average Bonchev–Trinajstić information content (AvgIpc) is 2.53. The summed E-state index contributed by atoms with van der Waals surface area (Å²) >= 11 is 0. The van der Waals surface area contributed by atoms with Crippen molar-refractivity contribution in [3.63, 3.8) is 0 Å². The second-order valence-electron chi connectivity index (χ2n) is 4.89. The summed E-state index contributed by atoms with van der Waals surface area (Å²) in [6, 6.07) is 10.6. The van der Waals surface area contributed by atoms with Crippen LogP contribution < -0.4 is 10.2 Å². The Morgan fingerprint density at radius 2 is 1.78 bits per heavy atom. The predicted octanol–water partition coefficient (Wildman–Crippen LogP) is 4.49. The van der Waals surface area contributed by atoms with Gasteiger partial charge in [0.1, 0.15) is 22.5 Å². The zero-order valence-corrected chi connectivity index (χ0v) is 12.0. The molecule has 1 aromatic heterocycles. The zero-order chi connectivity index (χ0) is 16.6. The largest absolute Gasteiger partial charge is 0.496 e. The van der Waals surface area contributed by atoms with Crippen LogP contribution in [0, 0.1) is 0 Å². The normalized spacial score (nSPS) is 11.7. The van der Waals surface area contributed by atoms with Crippen molar-refractivity contribution >= 4 is 11.0 Å². The van der Waals surface area contributed by atoms with Gasteiger partial charge in [-0.15, -0.1) is 0 Å². The summed E-state index contributed by atoms with van der Waals surface area (Å²) in [7, 11) is 1.43. The fourth-order valence-corrected chi connectivity index (χ4v) is 2.34. The molecule has 23 heavy (non-hydrogen) atoms. The molecule has 1 heterocycles. The number of alkyl halides is 3. The van der Waals surface area contributed by atoms with Crippen molar-refractivity contribution in [3.8, 4) is 17.1 Å². The van der Waals surface area contributed by atoms with Crippen LogP contribution in [0.2, 0.25) is 0 Å². The number of hydrogen-bond acceptors (Lipinski definition) is 3. The molecule has 0 aliphatic carbocycles. The van der Waals surface area contributed by atoms with Crippen molar-refractivity contribution in [2.45, 2.75) is 6.18 Å². The Morgan fingerprint density at radius 3 is 2.48 bits per heavy atom. The fourth-order valence-electron chi connectivity index (χ4n) is 2.34. The van der Waals surface area contributed by atoms with Gasteiger partial charge in [-0.05, 0) is 24.3 Å². The molecule has 6 heteroatoms. The van der Waals surface area contributed by atoms with Gasteiger partial charge in [-0.25, -0.2) is 0 Å². The molecule has 0 saturated carbocycles. The molecular formula is C17H11F3O3. The molecule has 0 spiro atoms. The first-order chi connectivity index (χ1) is 10.9. The molecule has 2 aromatic carbocycles. The summed E-state index contributed by atoms with van der Waals surface area (Å²) in [6.07, 6.45) is -4.46. The van der Waals surface area contributed by atoms with Crippen LogP contribution in [0.1, 0.15) is 5.56 Å². The molecule has 0 saturated heterocycles. The van der Waals surface area contributed by atoms with Gasteiger partial charge in [-0.2, -0.15) is 13.2 Å². The Balaban J connectivity index is 2.21. The Morgan fingerprint density at radius 1 is 1.04 bits per heavy atom. The first-order valence-corrected chi connectivity index (χ1v) is 6.68. The van der Waals surface area contributed by atoms with E-state index in [-0.39, 0.29) is 27.7 Å². The number of rotatable bonds is 2. The van der Waals surface area contributed by atoms with E-state index >= 15 is 0 Å². The molecule has 0 atom stereocenters. The van der Waals surface area contributed by atoms with Crippen LogP contribution in [-0.2, 0) is 6.18 Å². The maximum Gasteiger partial charge on any atom is 0.416 e. The van der Waals surface area contributed by atoms with Crippen LogP contribution >= 0.6 is 0 Å². The van der Waals surface area contributed by atoms with Crippen molar-refractivity contribution in [3.05, 3.63) is 64.3 Å². The van der Waals surface area contributed by atoms with E-state index in [1.54, 1.807) is 18.2 Å². The third-order valence-electron chi connectivity index (χ3n) is 3.41. The van der Waals surface area contributed by atoms with Gasteiger partial charge in [-0.3, -0.25) is 4.79 Å². The second kappa shape index (κ2) is 5.46. The first kappa shape index (κ1) is 15.1. The van der Waals surface area contributed by atoms with Gasteiger partial charge in [0.05, 0.1) is 12.7 Å². The van der Waals surface area contributed by atoms with Crippen molar-refractivity contribution in [1.29, 1.82) is 0 Å². The fraction of sp³-hybridized carbons (Fsp3) is 0.118. The standard InChI is InChI=1S/C17H11F3O3/c1-22-13-6-3-7-14-16(13)12(21)9-15(23-14)10-4-2-5-11(8-10)17(18,19)20/h2-9H,1H3. The zero-order valence-electron chi connectivity index (χ0n) is 12.0. The lowest BCUT2D eigenvalue weighted by Gasteiger charge is -2.09. The summed E-state index contributed by atoms with van der Waals surface area (Å²) in [5.41, 5.74) is -0.745. The van der Waals surface area contributed by atoms with Crippen molar-refractivity contribution in [2.24, 2.45) is 0 Å². The summed E-state index contributed by atoms with van der Waals surface area (Å²) in [4.78, 5) is 12.3. The molecule has 3 rings (SSSR count). The number of fused-ring (bicyclic) bond motifs is 1. The van der Waals surface area contributed by atoms with E-state index in [0.717, 1.165) is 12.1 Å². The van der Waals surface area contributed by atoms with Crippen LogP contribution in [-0.4, -0.2) is 7.11 Å². The second-order valence-corrected chi connectivity index (χ2v) is 4.89. The molecule has 0 fully saturated rings. The van der Waals surface area contributed by atoms with E-state index in [1.807, 2.05) is 0 Å². The molecule has 0 amide bonds. The van der Waals surface area contributed by atoms with E-state index in [9.17, 15) is 18.0 Å². The Bertz CT molecular complexity index is 926. The van der Waals surface area contributed by atoms with Crippen LogP contribution in [0.15, 0.2) is 57.7 Å². The number of methoxy groups -OCH3 is 1. The summed E-state index contributed by atoms with van der Waals surface area (Å²) < 4.78 is 49.1. The minimum absolute atomic E-state index is 0.0712. The number of ether oxygens (including phenoxy) is 1. The quantitative estimate of drug-likeness (QED) is 0.698. The highest BCUT2D eigenvalue weighted by Crippen LogP contribution is 2.33. The van der Waals surface area contributed by atoms with Gasteiger partial charge in [0.2, 0.25) is 0 Å². The predicted molar refractivity (Wildman–Crippen MR) is 79.5 cm³/mol. The molecule has 0 radical (unpaired) electrons. The van der Waals surface area contributed by atoms with Crippen molar-refractivity contribution in [1.82, 2.24) is 0 Å². The van der Waals surface area contributed by atoms with E-state index in [4.69, 9.17) is 9.15 Å².